The van der Waals surface area contributed by atoms with E-state index in [-0.39, 0.29) is 4.91 Å². The van der Waals surface area contributed by atoms with Crippen molar-refractivity contribution >= 4 is 50.9 Å². The first-order chi connectivity index (χ1) is 12.8. The third kappa shape index (κ3) is 4.65. The SMILES string of the molecule is CCOc1cc(/C=C2/SC(=O)N([C@H](C)C(=O)OC)C2=O)cc(Br)c1OCC. The summed E-state index contributed by atoms with van der Waals surface area (Å²) in [7, 11) is 1.21. The second-order valence-corrected chi connectivity index (χ2v) is 7.29. The predicted octanol–water partition coefficient (Wildman–Crippen LogP) is 3.84. The molecular formula is C18H20BrNO6S. The van der Waals surface area contributed by atoms with E-state index >= 15 is 0 Å². The Morgan fingerprint density at radius 3 is 2.52 bits per heavy atom. The topological polar surface area (TPSA) is 82.1 Å². The Balaban J connectivity index is 2.37. The number of benzene rings is 1. The van der Waals surface area contributed by atoms with E-state index in [0.29, 0.717) is 34.7 Å². The predicted molar refractivity (Wildman–Crippen MR) is 106 cm³/mol. The van der Waals surface area contributed by atoms with Crippen LogP contribution < -0.4 is 9.47 Å². The van der Waals surface area contributed by atoms with E-state index in [9.17, 15) is 14.4 Å². The first-order valence-corrected chi connectivity index (χ1v) is 9.88. The molecule has 0 spiro atoms. The summed E-state index contributed by atoms with van der Waals surface area (Å²) in [6.45, 7) is 6.10. The van der Waals surface area contributed by atoms with Gasteiger partial charge >= 0.3 is 5.97 Å². The molecule has 1 fully saturated rings. The molecule has 2 rings (SSSR count). The molecule has 0 N–H and O–H groups in total. The summed E-state index contributed by atoms with van der Waals surface area (Å²) in [5.74, 6) is -0.0853. The number of hydrogen-bond acceptors (Lipinski definition) is 7. The fourth-order valence-corrected chi connectivity index (χ4v) is 3.94. The second kappa shape index (κ2) is 9.27. The van der Waals surface area contributed by atoms with Gasteiger partial charge in [-0.25, -0.2) is 4.79 Å². The molecule has 27 heavy (non-hydrogen) atoms. The number of hydrogen-bond donors (Lipinski definition) is 0. The number of imide groups is 1. The van der Waals surface area contributed by atoms with Crippen molar-refractivity contribution in [2.24, 2.45) is 0 Å². The first-order valence-electron chi connectivity index (χ1n) is 8.28. The van der Waals surface area contributed by atoms with Gasteiger partial charge in [-0.15, -0.1) is 0 Å². The highest BCUT2D eigenvalue weighted by molar-refractivity contribution is 9.10. The minimum Gasteiger partial charge on any atom is -0.490 e. The number of halogens is 1. The van der Waals surface area contributed by atoms with Gasteiger partial charge in [-0.3, -0.25) is 14.5 Å². The Morgan fingerprint density at radius 2 is 1.93 bits per heavy atom. The molecule has 1 saturated heterocycles. The average Bonchev–Trinajstić information content (AvgIpc) is 2.90. The molecule has 0 saturated carbocycles. The van der Waals surface area contributed by atoms with Crippen molar-refractivity contribution in [3.63, 3.8) is 0 Å². The lowest BCUT2D eigenvalue weighted by Gasteiger charge is -2.18. The summed E-state index contributed by atoms with van der Waals surface area (Å²) >= 11 is 4.22. The van der Waals surface area contributed by atoms with Crippen LogP contribution >= 0.6 is 27.7 Å². The van der Waals surface area contributed by atoms with Crippen molar-refractivity contribution in [1.29, 1.82) is 0 Å². The summed E-state index contributed by atoms with van der Waals surface area (Å²) in [6, 6.07) is 2.52. The molecular weight excluding hydrogens is 438 g/mol. The zero-order chi connectivity index (χ0) is 20.1. The van der Waals surface area contributed by atoms with Gasteiger partial charge in [0.1, 0.15) is 6.04 Å². The monoisotopic (exact) mass is 457 g/mol. The smallest absolute Gasteiger partial charge is 0.328 e. The number of carbonyl (C=O) groups excluding carboxylic acids is 3. The standard InChI is InChI=1S/C18H20BrNO6S/c1-5-25-13-8-11(7-12(19)15(13)26-6-2)9-14-16(21)20(18(23)27-14)10(3)17(22)24-4/h7-10H,5-6H2,1-4H3/b14-9+/t10-/m1/s1. The van der Waals surface area contributed by atoms with Crippen LogP contribution in [0.4, 0.5) is 4.79 Å². The van der Waals surface area contributed by atoms with Crippen LogP contribution in [0.3, 0.4) is 0 Å². The summed E-state index contributed by atoms with van der Waals surface area (Å²) < 4.78 is 16.5. The fourth-order valence-electron chi connectivity index (χ4n) is 2.46. The second-order valence-electron chi connectivity index (χ2n) is 5.45. The zero-order valence-corrected chi connectivity index (χ0v) is 17.8. The molecule has 0 unspecified atom stereocenters. The van der Waals surface area contributed by atoms with Crippen LogP contribution in [0.25, 0.3) is 6.08 Å². The maximum atomic E-state index is 12.6. The van der Waals surface area contributed by atoms with E-state index in [2.05, 4.69) is 20.7 Å². The van der Waals surface area contributed by atoms with E-state index in [0.717, 1.165) is 16.7 Å². The largest absolute Gasteiger partial charge is 0.490 e. The van der Waals surface area contributed by atoms with Crippen molar-refractivity contribution in [2.45, 2.75) is 26.8 Å². The molecule has 0 bridgehead atoms. The van der Waals surface area contributed by atoms with Gasteiger partial charge in [-0.05, 0) is 72.2 Å². The van der Waals surface area contributed by atoms with Crippen LogP contribution in [-0.4, -0.2) is 48.4 Å². The Kier molecular flexibility index (Phi) is 7.32. The fraction of sp³-hybridized carbons (Fsp3) is 0.389. The zero-order valence-electron chi connectivity index (χ0n) is 15.4. The van der Waals surface area contributed by atoms with Crippen LogP contribution in [0, 0.1) is 0 Å². The molecule has 0 aromatic heterocycles. The maximum Gasteiger partial charge on any atom is 0.328 e. The summed E-state index contributed by atoms with van der Waals surface area (Å²) in [4.78, 5) is 37.6. The Hall–Kier alpha value is -2.00. The minimum absolute atomic E-state index is 0.217. The van der Waals surface area contributed by atoms with Gasteiger partial charge in [-0.2, -0.15) is 0 Å². The first kappa shape index (κ1) is 21.3. The summed E-state index contributed by atoms with van der Waals surface area (Å²) in [5.41, 5.74) is 0.657. The number of methoxy groups -OCH3 is 1. The van der Waals surface area contributed by atoms with Crippen molar-refractivity contribution in [3.05, 3.63) is 27.1 Å². The highest BCUT2D eigenvalue weighted by Crippen LogP contribution is 2.39. The van der Waals surface area contributed by atoms with E-state index < -0.39 is 23.2 Å². The number of ether oxygens (including phenoxy) is 3. The lowest BCUT2D eigenvalue weighted by atomic mass is 10.1. The van der Waals surface area contributed by atoms with Gasteiger partial charge in [0.15, 0.2) is 11.5 Å². The number of nitrogens with zero attached hydrogens (tertiary/aromatic N) is 1. The van der Waals surface area contributed by atoms with Gasteiger partial charge in [0.2, 0.25) is 0 Å². The Labute approximate surface area is 170 Å². The number of esters is 1. The van der Waals surface area contributed by atoms with Crippen molar-refractivity contribution in [3.8, 4) is 11.5 Å². The molecule has 1 heterocycles. The van der Waals surface area contributed by atoms with Crippen LogP contribution in [-0.2, 0) is 14.3 Å². The third-order valence-electron chi connectivity index (χ3n) is 3.67. The van der Waals surface area contributed by atoms with Crippen molar-refractivity contribution < 1.29 is 28.6 Å². The Bertz CT molecular complexity index is 794. The van der Waals surface area contributed by atoms with E-state index in [4.69, 9.17) is 9.47 Å². The van der Waals surface area contributed by atoms with E-state index in [1.165, 1.54) is 14.0 Å². The normalized spacial score (nSPS) is 16.6. The van der Waals surface area contributed by atoms with Gasteiger partial charge in [0, 0.05) is 0 Å². The van der Waals surface area contributed by atoms with Crippen LogP contribution in [0.1, 0.15) is 26.3 Å². The van der Waals surface area contributed by atoms with Crippen molar-refractivity contribution in [1.82, 2.24) is 4.90 Å². The molecule has 1 aromatic carbocycles. The van der Waals surface area contributed by atoms with Gasteiger partial charge in [0.05, 0.1) is 29.7 Å². The highest BCUT2D eigenvalue weighted by atomic mass is 79.9. The number of rotatable bonds is 7. The lowest BCUT2D eigenvalue weighted by molar-refractivity contribution is -0.148. The molecule has 7 nitrogen and oxygen atoms in total. The molecule has 0 aliphatic carbocycles. The minimum atomic E-state index is -0.987. The van der Waals surface area contributed by atoms with Gasteiger partial charge < -0.3 is 14.2 Å². The van der Waals surface area contributed by atoms with E-state index in [1.54, 1.807) is 18.2 Å². The molecule has 2 amide bonds. The third-order valence-corrected chi connectivity index (χ3v) is 5.14. The molecule has 1 aliphatic rings. The van der Waals surface area contributed by atoms with Crippen LogP contribution in [0.15, 0.2) is 21.5 Å². The molecule has 0 radical (unpaired) electrons. The van der Waals surface area contributed by atoms with Gasteiger partial charge in [-0.1, -0.05) is 0 Å². The lowest BCUT2D eigenvalue weighted by Crippen LogP contribution is -2.42. The maximum absolute atomic E-state index is 12.6. The molecule has 9 heteroatoms. The van der Waals surface area contributed by atoms with Crippen LogP contribution in [0.5, 0.6) is 11.5 Å². The molecule has 1 aliphatic heterocycles. The van der Waals surface area contributed by atoms with Crippen molar-refractivity contribution in [2.75, 3.05) is 20.3 Å². The van der Waals surface area contributed by atoms with E-state index in [1.807, 2.05) is 13.8 Å². The van der Waals surface area contributed by atoms with Crippen LogP contribution in [0.2, 0.25) is 0 Å². The highest BCUT2D eigenvalue weighted by Gasteiger charge is 2.41. The molecule has 146 valence electrons. The number of carbonyl (C=O) groups is 3. The summed E-state index contributed by atoms with van der Waals surface area (Å²) in [6.07, 6.45) is 1.58. The molecule has 1 atom stereocenters. The number of amides is 2. The summed E-state index contributed by atoms with van der Waals surface area (Å²) in [5, 5.41) is -0.515. The Morgan fingerprint density at radius 1 is 1.26 bits per heavy atom. The average molecular weight is 458 g/mol. The number of thioether (sulfide) groups is 1. The van der Waals surface area contributed by atoms with Gasteiger partial charge in [0.25, 0.3) is 11.1 Å². The quantitative estimate of drug-likeness (QED) is 0.454. The molecule has 1 aromatic rings.